The maximum absolute atomic E-state index is 12.3. The first-order valence-electron chi connectivity index (χ1n) is 9.89. The highest BCUT2D eigenvalue weighted by atomic mass is 32.2. The second-order valence-corrected chi connectivity index (χ2v) is 8.24. The fourth-order valence-corrected chi connectivity index (χ4v) is 4.10. The SMILES string of the molecule is COC1C=CC(C(=O)CC(=O)Nc2ccc(Sc3cccc(C(=O)O)c3)c(C(=O)O)c2)=CC1. The fraction of sp³-hybridized carbons (Fsp3) is 0.167. The van der Waals surface area contributed by atoms with E-state index in [2.05, 4.69) is 5.32 Å². The Bertz CT molecular complexity index is 1170. The van der Waals surface area contributed by atoms with Crippen LogP contribution in [-0.2, 0) is 14.3 Å². The van der Waals surface area contributed by atoms with Crippen LogP contribution >= 0.6 is 11.8 Å². The number of anilines is 1. The van der Waals surface area contributed by atoms with Crippen molar-refractivity contribution >= 4 is 41.1 Å². The molecule has 1 atom stereocenters. The third kappa shape index (κ3) is 6.41. The van der Waals surface area contributed by atoms with E-state index < -0.39 is 17.8 Å². The Balaban J connectivity index is 1.69. The Morgan fingerprint density at radius 2 is 1.88 bits per heavy atom. The van der Waals surface area contributed by atoms with Crippen molar-refractivity contribution in [3.05, 3.63) is 77.4 Å². The van der Waals surface area contributed by atoms with Crippen LogP contribution in [-0.4, -0.2) is 47.1 Å². The van der Waals surface area contributed by atoms with Crippen molar-refractivity contribution in [1.29, 1.82) is 0 Å². The topological polar surface area (TPSA) is 130 Å². The number of Topliss-reactive ketones (excluding diaryl/α,β-unsaturated/α-hetero) is 1. The average Bonchev–Trinajstić information content (AvgIpc) is 2.80. The van der Waals surface area contributed by atoms with Crippen molar-refractivity contribution < 1.29 is 34.1 Å². The predicted octanol–water partition coefficient (Wildman–Crippen LogP) is 4.03. The summed E-state index contributed by atoms with van der Waals surface area (Å²) in [6, 6.07) is 10.5. The van der Waals surface area contributed by atoms with Gasteiger partial charge in [-0.15, -0.1) is 0 Å². The summed E-state index contributed by atoms with van der Waals surface area (Å²) >= 11 is 1.10. The molecule has 1 amide bonds. The van der Waals surface area contributed by atoms with Crippen LogP contribution in [0.1, 0.15) is 33.6 Å². The summed E-state index contributed by atoms with van der Waals surface area (Å²) in [4.78, 5) is 48.5. The number of carbonyl (C=O) groups excluding carboxylic acids is 2. The smallest absolute Gasteiger partial charge is 0.336 e. The molecule has 0 aromatic heterocycles. The number of amides is 1. The van der Waals surface area contributed by atoms with Gasteiger partial charge in [-0.1, -0.05) is 36.1 Å². The first kappa shape index (κ1) is 24.0. The van der Waals surface area contributed by atoms with Gasteiger partial charge >= 0.3 is 11.9 Å². The lowest BCUT2D eigenvalue weighted by Gasteiger charge is -2.14. The Hall–Kier alpha value is -3.69. The van der Waals surface area contributed by atoms with Crippen LogP contribution in [0.15, 0.2) is 76.1 Å². The van der Waals surface area contributed by atoms with E-state index in [0.717, 1.165) is 11.8 Å². The Labute approximate surface area is 194 Å². The van der Waals surface area contributed by atoms with E-state index in [9.17, 15) is 24.3 Å². The molecule has 2 aromatic rings. The third-order valence-corrected chi connectivity index (χ3v) is 5.87. The van der Waals surface area contributed by atoms with Crippen LogP contribution in [0.5, 0.6) is 0 Å². The summed E-state index contributed by atoms with van der Waals surface area (Å²) in [6.07, 6.45) is 5.18. The number of ether oxygens (including phenoxy) is 1. The molecule has 3 rings (SSSR count). The van der Waals surface area contributed by atoms with E-state index in [4.69, 9.17) is 9.84 Å². The lowest BCUT2D eigenvalue weighted by Crippen LogP contribution is -2.19. The van der Waals surface area contributed by atoms with Crippen LogP contribution in [0.4, 0.5) is 5.69 Å². The van der Waals surface area contributed by atoms with Gasteiger partial charge in [0.1, 0.15) is 0 Å². The first-order valence-corrected chi connectivity index (χ1v) is 10.7. The summed E-state index contributed by atoms with van der Waals surface area (Å²) in [5.74, 6) is -3.19. The minimum absolute atomic E-state index is 0.0617. The average molecular weight is 467 g/mol. The lowest BCUT2D eigenvalue weighted by atomic mass is 10.00. The van der Waals surface area contributed by atoms with Gasteiger partial charge in [0.2, 0.25) is 5.91 Å². The molecule has 0 aliphatic heterocycles. The second kappa shape index (κ2) is 10.8. The van der Waals surface area contributed by atoms with Gasteiger partial charge in [-0.3, -0.25) is 9.59 Å². The van der Waals surface area contributed by atoms with Crippen molar-refractivity contribution in [2.75, 3.05) is 12.4 Å². The molecule has 33 heavy (non-hydrogen) atoms. The van der Waals surface area contributed by atoms with Gasteiger partial charge in [-0.25, -0.2) is 9.59 Å². The summed E-state index contributed by atoms with van der Waals surface area (Å²) in [5, 5.41) is 21.3. The zero-order valence-corrected chi connectivity index (χ0v) is 18.4. The quantitative estimate of drug-likeness (QED) is 0.471. The molecule has 170 valence electrons. The number of hydrogen-bond donors (Lipinski definition) is 3. The standard InChI is InChI=1S/C24H21NO7S/c1-32-17-8-5-14(6-9-17)20(26)13-22(27)25-16-7-10-21(19(12-16)24(30)31)33-18-4-2-3-15(11-18)23(28)29/h2-8,10-12,17H,9,13H2,1H3,(H,25,27)(H,28,29)(H,30,31). The van der Waals surface area contributed by atoms with Crippen molar-refractivity contribution in [3.63, 3.8) is 0 Å². The molecule has 9 heteroatoms. The third-order valence-electron chi connectivity index (χ3n) is 4.81. The predicted molar refractivity (Wildman–Crippen MR) is 122 cm³/mol. The van der Waals surface area contributed by atoms with Crippen molar-refractivity contribution in [2.24, 2.45) is 0 Å². The molecule has 1 aliphatic rings. The maximum Gasteiger partial charge on any atom is 0.336 e. The lowest BCUT2D eigenvalue weighted by molar-refractivity contribution is -0.123. The van der Waals surface area contributed by atoms with Crippen molar-refractivity contribution in [2.45, 2.75) is 28.7 Å². The summed E-state index contributed by atoms with van der Waals surface area (Å²) in [5.41, 5.74) is 0.695. The van der Waals surface area contributed by atoms with Crippen LogP contribution in [0.2, 0.25) is 0 Å². The summed E-state index contributed by atoms with van der Waals surface area (Å²) in [7, 11) is 1.57. The van der Waals surface area contributed by atoms with Crippen LogP contribution < -0.4 is 5.32 Å². The molecule has 0 fully saturated rings. The second-order valence-electron chi connectivity index (χ2n) is 7.13. The molecule has 3 N–H and O–H groups in total. The van der Waals surface area contributed by atoms with Crippen molar-refractivity contribution in [3.8, 4) is 0 Å². The molecular weight excluding hydrogens is 446 g/mol. The zero-order valence-electron chi connectivity index (χ0n) is 17.6. The number of carbonyl (C=O) groups is 4. The Morgan fingerprint density at radius 3 is 2.52 bits per heavy atom. The molecule has 0 saturated carbocycles. The number of carboxylic acid groups (broad SMARTS) is 2. The van der Waals surface area contributed by atoms with E-state index >= 15 is 0 Å². The number of aromatic carboxylic acids is 2. The molecule has 0 heterocycles. The summed E-state index contributed by atoms with van der Waals surface area (Å²) < 4.78 is 5.18. The number of ketones is 1. The molecule has 0 bridgehead atoms. The normalized spacial score (nSPS) is 14.9. The van der Waals surface area contributed by atoms with Gasteiger partial charge in [0.25, 0.3) is 0 Å². The highest BCUT2D eigenvalue weighted by Crippen LogP contribution is 2.32. The monoisotopic (exact) mass is 467 g/mol. The largest absolute Gasteiger partial charge is 0.478 e. The number of rotatable bonds is 9. The van der Waals surface area contributed by atoms with E-state index in [1.54, 1.807) is 37.5 Å². The number of carboxylic acids is 2. The molecular formula is C24H21NO7S. The highest BCUT2D eigenvalue weighted by Gasteiger charge is 2.18. The van der Waals surface area contributed by atoms with Gasteiger partial charge in [0, 0.05) is 28.2 Å². The number of benzene rings is 2. The molecule has 0 spiro atoms. The number of hydrogen-bond acceptors (Lipinski definition) is 6. The minimum atomic E-state index is -1.20. The summed E-state index contributed by atoms with van der Waals surface area (Å²) in [6.45, 7) is 0. The molecule has 8 nitrogen and oxygen atoms in total. The first-order chi connectivity index (χ1) is 15.8. The minimum Gasteiger partial charge on any atom is -0.478 e. The Morgan fingerprint density at radius 1 is 1.09 bits per heavy atom. The number of methoxy groups -OCH3 is 1. The number of allylic oxidation sites excluding steroid dienone is 2. The molecule has 1 unspecified atom stereocenters. The van der Waals surface area contributed by atoms with Crippen molar-refractivity contribution in [1.82, 2.24) is 0 Å². The van der Waals surface area contributed by atoms with Crippen LogP contribution in [0, 0.1) is 0 Å². The van der Waals surface area contributed by atoms with E-state index in [0.29, 0.717) is 21.8 Å². The van der Waals surface area contributed by atoms with E-state index in [1.807, 2.05) is 0 Å². The zero-order chi connectivity index (χ0) is 24.0. The van der Waals surface area contributed by atoms with Gasteiger partial charge in [-0.05, 0) is 42.8 Å². The van der Waals surface area contributed by atoms with E-state index in [-0.39, 0.29) is 35.1 Å². The molecule has 0 saturated heterocycles. The van der Waals surface area contributed by atoms with Gasteiger partial charge in [-0.2, -0.15) is 0 Å². The fourth-order valence-electron chi connectivity index (χ4n) is 3.12. The van der Waals surface area contributed by atoms with Gasteiger partial charge in [0.15, 0.2) is 5.78 Å². The highest BCUT2D eigenvalue weighted by molar-refractivity contribution is 7.99. The van der Waals surface area contributed by atoms with Gasteiger partial charge in [0.05, 0.1) is 23.7 Å². The van der Waals surface area contributed by atoms with Crippen LogP contribution in [0.25, 0.3) is 0 Å². The van der Waals surface area contributed by atoms with E-state index in [1.165, 1.54) is 30.3 Å². The van der Waals surface area contributed by atoms with Crippen LogP contribution in [0.3, 0.4) is 0 Å². The molecule has 2 aromatic carbocycles. The van der Waals surface area contributed by atoms with Gasteiger partial charge < -0.3 is 20.3 Å². The Kier molecular flexibility index (Phi) is 7.81. The molecule has 0 radical (unpaired) electrons. The number of nitrogens with one attached hydrogen (secondary N) is 1. The maximum atomic E-state index is 12.3. The molecule has 1 aliphatic carbocycles.